The average Bonchev–Trinajstić information content (AvgIpc) is 2.23. The fourth-order valence-electron chi connectivity index (χ4n) is 1.36. The molecule has 0 aliphatic carbocycles. The number of benzene rings is 1. The molecule has 2 nitrogen and oxygen atoms in total. The number of aryl methyl sites for hydroxylation is 1. The fourth-order valence-corrected chi connectivity index (χ4v) is 1.47. The van der Waals surface area contributed by atoms with Gasteiger partial charge in [0.15, 0.2) is 5.17 Å². The second-order valence-electron chi connectivity index (χ2n) is 3.57. The summed E-state index contributed by atoms with van der Waals surface area (Å²) in [6.07, 6.45) is -2.86. The summed E-state index contributed by atoms with van der Waals surface area (Å²) in [5.41, 5.74) is 0.224. The van der Waals surface area contributed by atoms with E-state index in [0.717, 1.165) is 24.1 Å². The molecular weight excluding hydrogens is 249 g/mol. The molecule has 1 aromatic carbocycles. The third-order valence-corrected chi connectivity index (χ3v) is 2.37. The Labute approximate surface area is 103 Å². The van der Waals surface area contributed by atoms with Gasteiger partial charge in [-0.1, -0.05) is 12.1 Å². The van der Waals surface area contributed by atoms with E-state index in [1.165, 1.54) is 12.1 Å². The molecule has 0 aliphatic heterocycles. The molecule has 1 rings (SSSR count). The van der Waals surface area contributed by atoms with Crippen molar-refractivity contribution in [2.24, 2.45) is 0 Å². The maximum Gasteiger partial charge on any atom is 0.416 e. The molecule has 0 saturated heterocycles. The predicted octanol–water partition coefficient (Wildman–Crippen LogP) is 3.09. The maximum atomic E-state index is 12.3. The van der Waals surface area contributed by atoms with Gasteiger partial charge in [-0.25, -0.2) is 0 Å². The molecule has 6 heteroatoms. The number of thiol groups is 1. The summed E-state index contributed by atoms with van der Waals surface area (Å²) in [5.74, 6) is 0. The van der Waals surface area contributed by atoms with Crippen LogP contribution in [0.3, 0.4) is 0 Å². The van der Waals surface area contributed by atoms with E-state index in [0.29, 0.717) is 13.0 Å². The van der Waals surface area contributed by atoms with Crippen molar-refractivity contribution in [2.75, 3.05) is 6.54 Å². The van der Waals surface area contributed by atoms with Crippen molar-refractivity contribution in [3.05, 3.63) is 35.4 Å². The zero-order valence-electron chi connectivity index (χ0n) is 9.01. The highest BCUT2D eigenvalue weighted by Gasteiger charge is 2.29. The van der Waals surface area contributed by atoms with Gasteiger partial charge in [-0.15, -0.1) is 12.6 Å². The first-order valence-electron chi connectivity index (χ1n) is 5.07. The van der Waals surface area contributed by atoms with Gasteiger partial charge in [-0.3, -0.25) is 5.41 Å². The molecule has 94 valence electrons. The van der Waals surface area contributed by atoms with E-state index in [9.17, 15) is 13.2 Å². The third kappa shape index (κ3) is 5.12. The Morgan fingerprint density at radius 2 is 1.82 bits per heavy atom. The highest BCUT2D eigenvalue weighted by molar-refractivity contribution is 7.96. The number of alkyl halides is 3. The van der Waals surface area contributed by atoms with Crippen LogP contribution in [-0.2, 0) is 12.6 Å². The Hall–Kier alpha value is -1.17. The van der Waals surface area contributed by atoms with Crippen molar-refractivity contribution in [3.8, 4) is 0 Å². The van der Waals surface area contributed by atoms with Crippen LogP contribution in [0.2, 0.25) is 0 Å². The van der Waals surface area contributed by atoms with Crippen molar-refractivity contribution in [2.45, 2.75) is 19.0 Å². The minimum Gasteiger partial charge on any atom is -0.365 e. The summed E-state index contributed by atoms with van der Waals surface area (Å²) in [5, 5.41) is 9.82. The molecule has 0 fully saturated rings. The van der Waals surface area contributed by atoms with Crippen LogP contribution in [0.5, 0.6) is 0 Å². The average molecular weight is 262 g/mol. The van der Waals surface area contributed by atoms with Crippen LogP contribution < -0.4 is 5.32 Å². The van der Waals surface area contributed by atoms with E-state index < -0.39 is 11.7 Å². The Balaban J connectivity index is 2.43. The number of hydrogen-bond donors (Lipinski definition) is 3. The van der Waals surface area contributed by atoms with Gasteiger partial charge in [0.25, 0.3) is 0 Å². The molecule has 2 N–H and O–H groups in total. The van der Waals surface area contributed by atoms with Crippen LogP contribution in [0.15, 0.2) is 24.3 Å². The first-order valence-corrected chi connectivity index (χ1v) is 5.52. The maximum absolute atomic E-state index is 12.3. The van der Waals surface area contributed by atoms with Crippen molar-refractivity contribution in [1.82, 2.24) is 5.32 Å². The molecule has 17 heavy (non-hydrogen) atoms. The molecule has 0 heterocycles. The van der Waals surface area contributed by atoms with Crippen molar-refractivity contribution >= 4 is 17.8 Å². The molecule has 0 aliphatic rings. The molecule has 0 saturated carbocycles. The third-order valence-electron chi connectivity index (χ3n) is 2.22. The van der Waals surface area contributed by atoms with Gasteiger partial charge in [0.05, 0.1) is 5.56 Å². The minimum absolute atomic E-state index is 0.0948. The lowest BCUT2D eigenvalue weighted by Crippen LogP contribution is -2.18. The number of amidine groups is 1. The number of hydrogen-bond acceptors (Lipinski definition) is 1. The van der Waals surface area contributed by atoms with Crippen LogP contribution in [0.25, 0.3) is 0 Å². The van der Waals surface area contributed by atoms with E-state index >= 15 is 0 Å². The molecule has 0 spiro atoms. The number of nitrogens with one attached hydrogen (secondary N) is 2. The lowest BCUT2D eigenvalue weighted by atomic mass is 10.1. The van der Waals surface area contributed by atoms with Crippen LogP contribution in [-0.4, -0.2) is 11.7 Å². The Kier molecular flexibility index (Phi) is 4.86. The number of rotatable bonds is 4. The summed E-state index contributed by atoms with van der Waals surface area (Å²) in [7, 11) is 0. The second-order valence-corrected chi connectivity index (χ2v) is 4.02. The molecule has 0 aromatic heterocycles. The second kappa shape index (κ2) is 5.95. The van der Waals surface area contributed by atoms with Crippen LogP contribution in [0.1, 0.15) is 17.5 Å². The molecular formula is C11H13F3N2S. The van der Waals surface area contributed by atoms with E-state index in [-0.39, 0.29) is 5.17 Å². The first kappa shape index (κ1) is 13.9. The SMILES string of the molecule is N=C(S)NCCCc1ccc(C(F)(F)F)cc1. The predicted molar refractivity (Wildman–Crippen MR) is 64.5 cm³/mol. The van der Waals surface area contributed by atoms with E-state index in [4.69, 9.17) is 5.41 Å². The summed E-state index contributed by atoms with van der Waals surface area (Å²) >= 11 is 3.75. The zero-order chi connectivity index (χ0) is 12.9. The minimum atomic E-state index is -4.28. The lowest BCUT2D eigenvalue weighted by molar-refractivity contribution is -0.137. The van der Waals surface area contributed by atoms with E-state index in [1.54, 1.807) is 0 Å². The summed E-state index contributed by atoms with van der Waals surface area (Å²) < 4.78 is 36.8. The van der Waals surface area contributed by atoms with Crippen LogP contribution in [0, 0.1) is 5.41 Å². The van der Waals surface area contributed by atoms with Gasteiger partial charge in [0.1, 0.15) is 0 Å². The molecule has 0 radical (unpaired) electrons. The van der Waals surface area contributed by atoms with Gasteiger partial charge in [0.2, 0.25) is 0 Å². The van der Waals surface area contributed by atoms with Crippen molar-refractivity contribution in [1.29, 1.82) is 5.41 Å². The van der Waals surface area contributed by atoms with E-state index in [1.807, 2.05) is 0 Å². The van der Waals surface area contributed by atoms with Crippen molar-refractivity contribution in [3.63, 3.8) is 0 Å². The summed E-state index contributed by atoms with van der Waals surface area (Å²) in [6.45, 7) is 0.587. The van der Waals surface area contributed by atoms with Crippen molar-refractivity contribution < 1.29 is 13.2 Å². The molecule has 0 atom stereocenters. The largest absolute Gasteiger partial charge is 0.416 e. The smallest absolute Gasteiger partial charge is 0.365 e. The molecule has 0 bridgehead atoms. The lowest BCUT2D eigenvalue weighted by Gasteiger charge is -2.07. The Morgan fingerprint density at radius 1 is 1.24 bits per heavy atom. The molecule has 0 unspecified atom stereocenters. The van der Waals surface area contributed by atoms with Crippen LogP contribution in [0.4, 0.5) is 13.2 Å². The highest BCUT2D eigenvalue weighted by atomic mass is 32.1. The van der Waals surface area contributed by atoms with Crippen LogP contribution >= 0.6 is 12.6 Å². The fraction of sp³-hybridized carbons (Fsp3) is 0.364. The number of halogens is 3. The van der Waals surface area contributed by atoms with Gasteiger partial charge in [-0.05, 0) is 30.5 Å². The topological polar surface area (TPSA) is 35.9 Å². The zero-order valence-corrected chi connectivity index (χ0v) is 9.91. The normalized spacial score (nSPS) is 11.3. The Morgan fingerprint density at radius 3 is 2.29 bits per heavy atom. The Bertz CT molecular complexity index is 373. The van der Waals surface area contributed by atoms with Gasteiger partial charge in [0, 0.05) is 6.54 Å². The molecule has 1 aromatic rings. The summed E-state index contributed by atoms with van der Waals surface area (Å²) in [4.78, 5) is 0. The highest BCUT2D eigenvalue weighted by Crippen LogP contribution is 2.29. The quantitative estimate of drug-likeness (QED) is 0.331. The van der Waals surface area contributed by atoms with Gasteiger partial charge >= 0.3 is 6.18 Å². The molecule has 0 amide bonds. The van der Waals surface area contributed by atoms with Gasteiger partial charge in [-0.2, -0.15) is 13.2 Å². The first-order chi connectivity index (χ1) is 7.89. The summed E-state index contributed by atoms with van der Waals surface area (Å²) in [6, 6.07) is 5.14. The van der Waals surface area contributed by atoms with E-state index in [2.05, 4.69) is 17.9 Å². The standard InChI is InChI=1S/C11H13F3N2S/c12-11(13,14)9-5-3-8(4-6-9)2-1-7-16-10(15)17/h3-6H,1-2,7H2,(H3,15,16,17). The monoisotopic (exact) mass is 262 g/mol. The van der Waals surface area contributed by atoms with Gasteiger partial charge < -0.3 is 5.32 Å².